The van der Waals surface area contributed by atoms with Crippen LogP contribution in [-0.4, -0.2) is 48.4 Å². The first-order valence-corrected chi connectivity index (χ1v) is 7.76. The van der Waals surface area contributed by atoms with Gasteiger partial charge in [0.15, 0.2) is 0 Å². The molecule has 0 N–H and O–H groups in total. The third-order valence-corrected chi connectivity index (χ3v) is 4.28. The molecule has 0 aromatic heterocycles. The molecule has 2 rings (SSSR count). The lowest BCUT2D eigenvalue weighted by molar-refractivity contribution is -0.156. The highest BCUT2D eigenvalue weighted by atomic mass is 79.9. The molecular weight excluding hydrogens is 336 g/mol. The van der Waals surface area contributed by atoms with Gasteiger partial charge in [0.25, 0.3) is 0 Å². The standard InChI is InChI=1S/C15H19BrN2O3/c1-3-6-17-7-8-18(15(20)14(17)19)10-11-9-12(21-2)4-5-13(11)16/h4-5,9H,3,6-8,10H2,1-2H3. The van der Waals surface area contributed by atoms with Gasteiger partial charge in [0.05, 0.1) is 7.11 Å². The maximum atomic E-state index is 12.2. The Morgan fingerprint density at radius 2 is 1.86 bits per heavy atom. The average Bonchev–Trinajstić information content (AvgIpc) is 2.49. The normalized spacial score (nSPS) is 15.6. The van der Waals surface area contributed by atoms with Crippen molar-refractivity contribution in [1.82, 2.24) is 9.80 Å². The number of carbonyl (C=O) groups excluding carboxylic acids is 2. The van der Waals surface area contributed by atoms with Crippen molar-refractivity contribution < 1.29 is 14.3 Å². The summed E-state index contributed by atoms with van der Waals surface area (Å²) in [7, 11) is 1.60. The third kappa shape index (κ3) is 3.56. The van der Waals surface area contributed by atoms with Gasteiger partial charge in [-0.2, -0.15) is 0 Å². The minimum Gasteiger partial charge on any atom is -0.497 e. The number of hydrogen-bond donors (Lipinski definition) is 0. The predicted octanol–water partition coefficient (Wildman–Crippen LogP) is 2.04. The molecule has 114 valence electrons. The van der Waals surface area contributed by atoms with Crippen LogP contribution in [0, 0.1) is 0 Å². The molecule has 1 aromatic rings. The summed E-state index contributed by atoms with van der Waals surface area (Å²) in [6.45, 7) is 4.20. The van der Waals surface area contributed by atoms with Crippen LogP contribution in [0.2, 0.25) is 0 Å². The summed E-state index contributed by atoms with van der Waals surface area (Å²) in [6.07, 6.45) is 0.862. The fourth-order valence-corrected chi connectivity index (χ4v) is 2.73. The summed E-state index contributed by atoms with van der Waals surface area (Å²) >= 11 is 3.47. The summed E-state index contributed by atoms with van der Waals surface area (Å²) in [4.78, 5) is 27.4. The highest BCUT2D eigenvalue weighted by Gasteiger charge is 2.32. The molecule has 0 radical (unpaired) electrons. The van der Waals surface area contributed by atoms with Crippen LogP contribution >= 0.6 is 15.9 Å². The number of hydrogen-bond acceptors (Lipinski definition) is 3. The zero-order chi connectivity index (χ0) is 15.4. The topological polar surface area (TPSA) is 49.9 Å². The van der Waals surface area contributed by atoms with Crippen LogP contribution in [0.3, 0.4) is 0 Å². The molecule has 1 aliphatic rings. The van der Waals surface area contributed by atoms with Crippen LogP contribution in [0.5, 0.6) is 5.75 Å². The molecule has 1 saturated heterocycles. The van der Waals surface area contributed by atoms with E-state index in [9.17, 15) is 9.59 Å². The van der Waals surface area contributed by atoms with Gasteiger partial charge in [-0.3, -0.25) is 9.59 Å². The maximum Gasteiger partial charge on any atom is 0.312 e. The van der Waals surface area contributed by atoms with Crippen LogP contribution in [0.1, 0.15) is 18.9 Å². The molecule has 0 aliphatic carbocycles. The molecule has 1 aromatic carbocycles. The second kappa shape index (κ2) is 6.93. The van der Waals surface area contributed by atoms with Crippen molar-refractivity contribution in [1.29, 1.82) is 0 Å². The first-order valence-electron chi connectivity index (χ1n) is 6.97. The van der Waals surface area contributed by atoms with Crippen molar-refractivity contribution in [3.05, 3.63) is 28.2 Å². The molecule has 21 heavy (non-hydrogen) atoms. The Balaban J connectivity index is 2.10. The molecule has 1 aliphatic heterocycles. The minimum absolute atomic E-state index is 0.401. The van der Waals surface area contributed by atoms with Crippen molar-refractivity contribution in [2.24, 2.45) is 0 Å². The highest BCUT2D eigenvalue weighted by molar-refractivity contribution is 9.10. The van der Waals surface area contributed by atoms with Gasteiger partial charge < -0.3 is 14.5 Å². The van der Waals surface area contributed by atoms with Gasteiger partial charge in [-0.25, -0.2) is 0 Å². The van der Waals surface area contributed by atoms with Gasteiger partial charge in [0, 0.05) is 30.7 Å². The number of benzene rings is 1. The van der Waals surface area contributed by atoms with Crippen molar-refractivity contribution in [2.75, 3.05) is 26.7 Å². The quantitative estimate of drug-likeness (QED) is 0.760. The third-order valence-electron chi connectivity index (χ3n) is 3.50. The summed E-state index contributed by atoms with van der Waals surface area (Å²) in [6, 6.07) is 5.60. The average molecular weight is 355 g/mol. The molecule has 2 amide bonds. The van der Waals surface area contributed by atoms with E-state index in [1.165, 1.54) is 0 Å². The number of amides is 2. The summed E-state index contributed by atoms with van der Waals surface area (Å²) < 4.78 is 6.10. The number of methoxy groups -OCH3 is 1. The van der Waals surface area contributed by atoms with E-state index in [4.69, 9.17) is 4.74 Å². The van der Waals surface area contributed by atoms with E-state index in [0.29, 0.717) is 26.2 Å². The molecule has 1 fully saturated rings. The number of carbonyl (C=O) groups is 2. The number of rotatable bonds is 5. The second-order valence-corrected chi connectivity index (χ2v) is 5.83. The molecule has 5 nitrogen and oxygen atoms in total. The van der Waals surface area contributed by atoms with E-state index in [-0.39, 0.29) is 0 Å². The number of ether oxygens (including phenoxy) is 1. The van der Waals surface area contributed by atoms with E-state index in [1.807, 2.05) is 25.1 Å². The van der Waals surface area contributed by atoms with Crippen molar-refractivity contribution in [2.45, 2.75) is 19.9 Å². The summed E-state index contributed by atoms with van der Waals surface area (Å²) in [5, 5.41) is 0. The van der Waals surface area contributed by atoms with Crippen LogP contribution in [0.25, 0.3) is 0 Å². The molecule has 1 heterocycles. The predicted molar refractivity (Wildman–Crippen MR) is 83.0 cm³/mol. The Hall–Kier alpha value is -1.56. The molecule has 0 saturated carbocycles. The van der Waals surface area contributed by atoms with Crippen LogP contribution in [0.15, 0.2) is 22.7 Å². The minimum atomic E-state index is -0.426. The van der Waals surface area contributed by atoms with E-state index >= 15 is 0 Å². The lowest BCUT2D eigenvalue weighted by Gasteiger charge is -2.33. The molecule has 0 spiro atoms. The first kappa shape index (κ1) is 15.8. The fourth-order valence-electron chi connectivity index (χ4n) is 2.35. The molecule has 6 heteroatoms. The Morgan fingerprint density at radius 3 is 2.52 bits per heavy atom. The highest BCUT2D eigenvalue weighted by Crippen LogP contribution is 2.24. The van der Waals surface area contributed by atoms with Gasteiger partial charge in [-0.1, -0.05) is 22.9 Å². The van der Waals surface area contributed by atoms with E-state index < -0.39 is 11.8 Å². The lowest BCUT2D eigenvalue weighted by Crippen LogP contribution is -2.53. The first-order chi connectivity index (χ1) is 10.1. The fraction of sp³-hybridized carbons (Fsp3) is 0.467. The number of piperazine rings is 1. The Morgan fingerprint density at radius 1 is 1.19 bits per heavy atom. The Kier molecular flexibility index (Phi) is 5.22. The van der Waals surface area contributed by atoms with Gasteiger partial charge in [0.1, 0.15) is 5.75 Å². The molecule has 0 unspecified atom stereocenters. The SMILES string of the molecule is CCCN1CCN(Cc2cc(OC)ccc2Br)C(=O)C1=O. The van der Waals surface area contributed by atoms with Gasteiger partial charge in [-0.05, 0) is 30.2 Å². The zero-order valence-corrected chi connectivity index (χ0v) is 13.9. The summed E-state index contributed by atoms with van der Waals surface area (Å²) in [5.74, 6) is -0.0943. The smallest absolute Gasteiger partial charge is 0.312 e. The number of nitrogens with zero attached hydrogens (tertiary/aromatic N) is 2. The van der Waals surface area contributed by atoms with Crippen LogP contribution in [-0.2, 0) is 16.1 Å². The Labute approximate surface area is 133 Å². The number of halogens is 1. The van der Waals surface area contributed by atoms with E-state index in [0.717, 1.165) is 22.2 Å². The van der Waals surface area contributed by atoms with Crippen LogP contribution in [0.4, 0.5) is 0 Å². The van der Waals surface area contributed by atoms with E-state index in [1.54, 1.807) is 16.9 Å². The van der Waals surface area contributed by atoms with Gasteiger partial charge in [0.2, 0.25) is 0 Å². The Bertz CT molecular complexity index is 548. The monoisotopic (exact) mass is 354 g/mol. The van der Waals surface area contributed by atoms with E-state index in [2.05, 4.69) is 15.9 Å². The molecular formula is C15H19BrN2O3. The zero-order valence-electron chi connectivity index (χ0n) is 12.3. The largest absolute Gasteiger partial charge is 0.497 e. The maximum absolute atomic E-state index is 12.2. The van der Waals surface area contributed by atoms with Gasteiger partial charge in [-0.15, -0.1) is 0 Å². The molecule has 0 atom stereocenters. The van der Waals surface area contributed by atoms with Crippen molar-refractivity contribution >= 4 is 27.7 Å². The van der Waals surface area contributed by atoms with Crippen molar-refractivity contribution in [3.8, 4) is 5.75 Å². The van der Waals surface area contributed by atoms with Crippen molar-refractivity contribution in [3.63, 3.8) is 0 Å². The molecule has 0 bridgehead atoms. The summed E-state index contributed by atoms with van der Waals surface area (Å²) in [5.41, 5.74) is 0.930. The lowest BCUT2D eigenvalue weighted by atomic mass is 10.1. The second-order valence-electron chi connectivity index (χ2n) is 4.98. The van der Waals surface area contributed by atoms with Gasteiger partial charge >= 0.3 is 11.8 Å². The van der Waals surface area contributed by atoms with Crippen LogP contribution < -0.4 is 4.74 Å².